The molecule has 0 bridgehead atoms. The second-order valence-corrected chi connectivity index (χ2v) is 8.27. The van der Waals surface area contributed by atoms with E-state index in [1.165, 1.54) is 11.1 Å². The van der Waals surface area contributed by atoms with Gasteiger partial charge in [0, 0.05) is 42.9 Å². The number of nitrogens with one attached hydrogen (secondary N) is 1. The number of carboxylic acid groups (broad SMARTS) is 1. The summed E-state index contributed by atoms with van der Waals surface area (Å²) in [5.41, 5.74) is 4.20. The van der Waals surface area contributed by atoms with E-state index in [-0.39, 0.29) is 25.1 Å². The molecule has 1 amide bonds. The molecular weight excluding hydrogens is 508 g/mol. The van der Waals surface area contributed by atoms with Crippen molar-refractivity contribution in [3.05, 3.63) is 53.7 Å². The number of H-pyrrole nitrogens is 1. The zero-order valence-electron chi connectivity index (χ0n) is 19.5. The van der Waals surface area contributed by atoms with E-state index in [4.69, 9.17) is 9.90 Å². The van der Waals surface area contributed by atoms with Crippen molar-refractivity contribution in [3.8, 4) is 22.6 Å². The second kappa shape index (κ2) is 10.6. The van der Waals surface area contributed by atoms with Crippen LogP contribution in [0.15, 0.2) is 36.8 Å². The molecule has 37 heavy (non-hydrogen) atoms. The highest BCUT2D eigenvalue weighted by atomic mass is 19.4. The molecule has 0 aromatic carbocycles. The number of carbonyl (C=O) groups is 2. The summed E-state index contributed by atoms with van der Waals surface area (Å²) in [4.78, 5) is 39.0. The van der Waals surface area contributed by atoms with Crippen LogP contribution in [0, 0.1) is 19.8 Å². The monoisotopic (exact) mass is 529 g/mol. The standard InChI is InChI=1S/C21H20F3N5O.C2HF3O2/c1-12-13(2)28-19(27-12)18-8-14(3-5-26-18)15-7-16(10-25-9-15)20(30)29-6-4-17(11-29)21(22,23)24;3-2(4,5)1(6)7/h3,5,7-10,17H,4,6,11H2,1-2H3,(H,27,28);(H,6,7). The maximum Gasteiger partial charge on any atom is 0.490 e. The molecule has 8 nitrogen and oxygen atoms in total. The molecule has 0 saturated carbocycles. The molecule has 4 rings (SSSR count). The number of nitrogens with zero attached hydrogens (tertiary/aromatic N) is 4. The van der Waals surface area contributed by atoms with Crippen LogP contribution in [0.2, 0.25) is 0 Å². The highest BCUT2D eigenvalue weighted by Gasteiger charge is 2.44. The number of rotatable bonds is 3. The molecule has 198 valence electrons. The summed E-state index contributed by atoms with van der Waals surface area (Å²) in [6.45, 7) is 3.60. The number of amides is 1. The van der Waals surface area contributed by atoms with Crippen LogP contribution in [0.25, 0.3) is 22.6 Å². The summed E-state index contributed by atoms with van der Waals surface area (Å²) >= 11 is 0. The minimum Gasteiger partial charge on any atom is -0.475 e. The van der Waals surface area contributed by atoms with Gasteiger partial charge in [-0.15, -0.1) is 0 Å². The Morgan fingerprint density at radius 2 is 1.76 bits per heavy atom. The fraction of sp³-hybridized carbons (Fsp3) is 0.348. The van der Waals surface area contributed by atoms with E-state index >= 15 is 0 Å². The first-order valence-corrected chi connectivity index (χ1v) is 10.8. The fourth-order valence-corrected chi connectivity index (χ4v) is 3.52. The number of hydrogen-bond acceptors (Lipinski definition) is 5. The van der Waals surface area contributed by atoms with Crippen LogP contribution in [0.4, 0.5) is 26.3 Å². The number of likely N-dealkylation sites (tertiary alicyclic amines) is 1. The lowest BCUT2D eigenvalue weighted by Crippen LogP contribution is -2.32. The lowest BCUT2D eigenvalue weighted by atomic mass is 10.1. The number of aromatic amines is 1. The van der Waals surface area contributed by atoms with Crippen LogP contribution in [0.5, 0.6) is 0 Å². The zero-order chi connectivity index (χ0) is 27.5. The smallest absolute Gasteiger partial charge is 0.475 e. The van der Waals surface area contributed by atoms with Gasteiger partial charge < -0.3 is 15.0 Å². The van der Waals surface area contributed by atoms with E-state index in [0.717, 1.165) is 17.0 Å². The number of carbonyl (C=O) groups excluding carboxylic acids is 1. The molecule has 1 saturated heterocycles. The summed E-state index contributed by atoms with van der Waals surface area (Å²) in [5, 5.41) is 7.12. The van der Waals surface area contributed by atoms with Crippen molar-refractivity contribution in [2.24, 2.45) is 5.92 Å². The molecule has 2 N–H and O–H groups in total. The lowest BCUT2D eigenvalue weighted by molar-refractivity contribution is -0.192. The Bertz CT molecular complexity index is 1270. The molecule has 1 aliphatic rings. The number of alkyl halides is 6. The van der Waals surface area contributed by atoms with Gasteiger partial charge in [0.1, 0.15) is 5.69 Å². The van der Waals surface area contributed by atoms with Gasteiger partial charge in [0.15, 0.2) is 5.82 Å². The van der Waals surface area contributed by atoms with Crippen molar-refractivity contribution in [2.75, 3.05) is 13.1 Å². The number of aryl methyl sites for hydroxylation is 2. The third kappa shape index (κ3) is 6.83. The molecular formula is C23H21F6N5O3. The molecule has 0 aliphatic carbocycles. The van der Waals surface area contributed by atoms with Crippen LogP contribution in [-0.2, 0) is 4.79 Å². The van der Waals surface area contributed by atoms with Gasteiger partial charge in [-0.1, -0.05) is 0 Å². The molecule has 4 heterocycles. The van der Waals surface area contributed by atoms with E-state index in [1.54, 1.807) is 24.5 Å². The molecule has 0 radical (unpaired) electrons. The SMILES string of the molecule is Cc1nc(-c2cc(-c3cncc(C(=O)N4CCC(C(F)(F)F)C4)c3)ccn2)[nH]c1C.O=C(O)C(F)(F)F. The minimum atomic E-state index is -5.08. The van der Waals surface area contributed by atoms with Gasteiger partial charge in [0.25, 0.3) is 5.91 Å². The maximum atomic E-state index is 12.9. The number of imidazole rings is 1. The number of pyridine rings is 2. The summed E-state index contributed by atoms with van der Waals surface area (Å²) in [6.07, 6.45) is -4.81. The molecule has 1 unspecified atom stereocenters. The van der Waals surface area contributed by atoms with E-state index < -0.39 is 30.1 Å². The third-order valence-corrected chi connectivity index (χ3v) is 5.63. The van der Waals surface area contributed by atoms with E-state index in [2.05, 4.69) is 19.9 Å². The maximum absolute atomic E-state index is 12.9. The Hall–Kier alpha value is -3.97. The van der Waals surface area contributed by atoms with Crippen LogP contribution < -0.4 is 0 Å². The van der Waals surface area contributed by atoms with E-state index in [9.17, 15) is 31.1 Å². The summed E-state index contributed by atoms with van der Waals surface area (Å²) in [6, 6.07) is 5.26. The van der Waals surface area contributed by atoms with Crippen LogP contribution in [0.1, 0.15) is 28.2 Å². The largest absolute Gasteiger partial charge is 0.490 e. The van der Waals surface area contributed by atoms with Gasteiger partial charge in [-0.2, -0.15) is 26.3 Å². The zero-order valence-corrected chi connectivity index (χ0v) is 19.5. The molecule has 3 aromatic rings. The normalized spacial score (nSPS) is 15.8. The van der Waals surface area contributed by atoms with Gasteiger partial charge in [-0.3, -0.25) is 14.8 Å². The van der Waals surface area contributed by atoms with Crippen LogP contribution in [0.3, 0.4) is 0 Å². The molecule has 1 aliphatic heterocycles. The average Bonchev–Trinajstić information content (AvgIpc) is 3.46. The predicted molar refractivity (Wildman–Crippen MR) is 118 cm³/mol. The number of aromatic nitrogens is 4. The minimum absolute atomic E-state index is 0.0714. The Labute approximate surface area is 206 Å². The van der Waals surface area contributed by atoms with E-state index in [1.807, 2.05) is 19.9 Å². The first kappa shape index (κ1) is 27.6. The van der Waals surface area contributed by atoms with E-state index in [0.29, 0.717) is 17.1 Å². The third-order valence-electron chi connectivity index (χ3n) is 5.63. The number of halogens is 6. The van der Waals surface area contributed by atoms with Gasteiger partial charge in [-0.05, 0) is 44.0 Å². The lowest BCUT2D eigenvalue weighted by Gasteiger charge is -2.18. The van der Waals surface area contributed by atoms with Crippen LogP contribution >= 0.6 is 0 Å². The Balaban J connectivity index is 0.000000479. The molecule has 1 fully saturated rings. The van der Waals surface area contributed by atoms with Gasteiger partial charge in [-0.25, -0.2) is 9.78 Å². The van der Waals surface area contributed by atoms with Crippen molar-refractivity contribution in [1.29, 1.82) is 0 Å². The Morgan fingerprint density at radius 1 is 1.08 bits per heavy atom. The fourth-order valence-electron chi connectivity index (χ4n) is 3.52. The summed E-state index contributed by atoms with van der Waals surface area (Å²) in [5.74, 6) is -4.03. The summed E-state index contributed by atoms with van der Waals surface area (Å²) < 4.78 is 70.5. The average molecular weight is 529 g/mol. The highest BCUT2D eigenvalue weighted by Crippen LogP contribution is 2.34. The molecule has 0 spiro atoms. The topological polar surface area (TPSA) is 112 Å². The molecule has 3 aromatic heterocycles. The first-order valence-electron chi connectivity index (χ1n) is 10.8. The quantitative estimate of drug-likeness (QED) is 0.471. The number of hydrogen-bond donors (Lipinski definition) is 2. The van der Waals surface area contributed by atoms with Crippen molar-refractivity contribution in [1.82, 2.24) is 24.8 Å². The predicted octanol–water partition coefficient (Wildman–Crippen LogP) is 4.81. The molecule has 1 atom stereocenters. The number of aliphatic carboxylic acids is 1. The van der Waals surface area contributed by atoms with Gasteiger partial charge in [0.05, 0.1) is 17.2 Å². The van der Waals surface area contributed by atoms with Crippen molar-refractivity contribution < 1.29 is 41.0 Å². The van der Waals surface area contributed by atoms with Gasteiger partial charge >= 0.3 is 18.3 Å². The summed E-state index contributed by atoms with van der Waals surface area (Å²) in [7, 11) is 0. The Kier molecular flexibility index (Phi) is 7.88. The van der Waals surface area contributed by atoms with Crippen molar-refractivity contribution >= 4 is 11.9 Å². The van der Waals surface area contributed by atoms with Crippen molar-refractivity contribution in [2.45, 2.75) is 32.6 Å². The second-order valence-electron chi connectivity index (χ2n) is 8.27. The van der Waals surface area contributed by atoms with Crippen LogP contribution in [-0.4, -0.2) is 67.3 Å². The van der Waals surface area contributed by atoms with Crippen molar-refractivity contribution in [3.63, 3.8) is 0 Å². The Morgan fingerprint density at radius 3 is 2.30 bits per heavy atom. The first-order chi connectivity index (χ1) is 17.2. The highest BCUT2D eigenvalue weighted by molar-refractivity contribution is 5.95. The molecule has 14 heteroatoms. The number of carboxylic acids is 1. The van der Waals surface area contributed by atoms with Gasteiger partial charge in [0.2, 0.25) is 0 Å².